The van der Waals surface area contributed by atoms with Crippen LogP contribution < -0.4 is 20.4 Å². The molecule has 3 atom stereocenters. The number of nitrogens with one attached hydrogen (secondary N) is 2. The predicted octanol–water partition coefficient (Wildman–Crippen LogP) is 3.41. The smallest absolute Gasteiger partial charge is 0.232 e. The molecule has 3 aliphatic heterocycles. The van der Waals surface area contributed by atoms with Crippen molar-refractivity contribution in [2.24, 2.45) is 11.8 Å². The van der Waals surface area contributed by atoms with E-state index in [2.05, 4.69) is 40.3 Å². The van der Waals surface area contributed by atoms with Crippen molar-refractivity contribution >= 4 is 34.9 Å². The zero-order valence-electron chi connectivity index (χ0n) is 18.4. The summed E-state index contributed by atoms with van der Waals surface area (Å²) in [6.07, 6.45) is 7.50. The van der Waals surface area contributed by atoms with Gasteiger partial charge in [-0.05, 0) is 62.6 Å². The van der Waals surface area contributed by atoms with Gasteiger partial charge in [-0.25, -0.2) is 0 Å². The molecule has 0 bridgehead atoms. The molecule has 0 spiro atoms. The van der Waals surface area contributed by atoms with Crippen LogP contribution in [0.15, 0.2) is 6.07 Å². The summed E-state index contributed by atoms with van der Waals surface area (Å²) in [5.74, 6) is 3.95. The molecule has 30 heavy (non-hydrogen) atoms. The Bertz CT molecular complexity index is 710. The van der Waals surface area contributed by atoms with Crippen molar-refractivity contribution in [3.8, 4) is 0 Å². The highest BCUT2D eigenvalue weighted by atomic mass is 32.1. The fourth-order valence-corrected chi connectivity index (χ4v) is 5.11. The third kappa shape index (κ3) is 5.72. The van der Waals surface area contributed by atoms with Crippen molar-refractivity contribution in [3.63, 3.8) is 0 Å². The van der Waals surface area contributed by atoms with E-state index in [1.165, 1.54) is 25.7 Å². The van der Waals surface area contributed by atoms with Crippen LogP contribution in [-0.4, -0.2) is 60.5 Å². The summed E-state index contributed by atoms with van der Waals surface area (Å²) in [6.45, 7) is 10.4. The normalized spacial score (nSPS) is 27.2. The molecule has 0 aromatic carbocycles. The monoisotopic (exact) mass is 432 g/mol. The molecule has 3 aliphatic rings. The Balaban J connectivity index is 1.49. The minimum absolute atomic E-state index is 0.247. The van der Waals surface area contributed by atoms with Gasteiger partial charge in [-0.15, -0.1) is 0 Å². The number of rotatable bonds is 5. The quantitative estimate of drug-likeness (QED) is 0.686. The summed E-state index contributed by atoms with van der Waals surface area (Å²) >= 11 is 5.52. The maximum atomic E-state index is 5.68. The second-order valence-corrected chi connectivity index (χ2v) is 9.68. The van der Waals surface area contributed by atoms with Crippen molar-refractivity contribution in [1.29, 1.82) is 0 Å². The lowest BCUT2D eigenvalue weighted by atomic mass is 9.92. The number of anilines is 3. The lowest BCUT2D eigenvalue weighted by Gasteiger charge is -2.36. The lowest BCUT2D eigenvalue weighted by molar-refractivity contribution is 0.114. The molecule has 166 valence electrons. The molecule has 0 unspecified atom stereocenters. The first-order valence-electron chi connectivity index (χ1n) is 11.6. The summed E-state index contributed by atoms with van der Waals surface area (Å²) in [7, 11) is 0. The molecular weight excluding hydrogens is 396 g/mol. The van der Waals surface area contributed by atoms with Gasteiger partial charge in [0.2, 0.25) is 5.95 Å². The third-order valence-electron chi connectivity index (χ3n) is 6.31. The summed E-state index contributed by atoms with van der Waals surface area (Å²) < 4.78 is 5.68. The van der Waals surface area contributed by atoms with Crippen LogP contribution in [0.1, 0.15) is 52.4 Å². The maximum Gasteiger partial charge on any atom is 0.232 e. The van der Waals surface area contributed by atoms with Gasteiger partial charge >= 0.3 is 0 Å². The van der Waals surface area contributed by atoms with Gasteiger partial charge in [-0.3, -0.25) is 0 Å². The van der Waals surface area contributed by atoms with E-state index < -0.39 is 0 Å². The van der Waals surface area contributed by atoms with E-state index in [1.54, 1.807) is 0 Å². The highest BCUT2D eigenvalue weighted by Crippen LogP contribution is 2.29. The van der Waals surface area contributed by atoms with Gasteiger partial charge in [-0.2, -0.15) is 9.97 Å². The first-order valence-corrected chi connectivity index (χ1v) is 12.0. The van der Waals surface area contributed by atoms with E-state index in [0.29, 0.717) is 22.9 Å². The molecule has 0 aliphatic carbocycles. The largest absolute Gasteiger partial charge is 0.376 e. The molecule has 0 amide bonds. The van der Waals surface area contributed by atoms with Gasteiger partial charge in [-0.1, -0.05) is 13.8 Å². The second-order valence-electron chi connectivity index (χ2n) is 9.28. The van der Waals surface area contributed by atoms with Crippen molar-refractivity contribution in [2.75, 3.05) is 54.4 Å². The molecule has 3 fully saturated rings. The fourth-order valence-electron chi connectivity index (χ4n) is 4.93. The molecule has 4 rings (SSSR count). The highest BCUT2D eigenvalue weighted by molar-refractivity contribution is 7.80. The number of hydrogen-bond acceptors (Lipinski definition) is 6. The van der Waals surface area contributed by atoms with Crippen LogP contribution >= 0.6 is 12.2 Å². The minimum atomic E-state index is 0.247. The van der Waals surface area contributed by atoms with Gasteiger partial charge in [0.05, 0.1) is 6.10 Å². The molecule has 7 nitrogen and oxygen atoms in total. The highest BCUT2D eigenvalue weighted by Gasteiger charge is 2.25. The lowest BCUT2D eigenvalue weighted by Crippen LogP contribution is -2.40. The standard InChI is InChI=1S/C22H36N6OS/c1-16-11-17(2)15-28(14-16)20-12-19(27-8-4-3-5-9-27)24-21(25-20)26-22(30)23-13-18-7-6-10-29-18/h12,16-18H,3-11,13-15H2,1-2H3,(H2,23,24,25,26,30)/t16-,17+,18-/m1/s1. The van der Waals surface area contributed by atoms with Crippen LogP contribution in [-0.2, 0) is 4.74 Å². The van der Waals surface area contributed by atoms with Crippen LogP contribution in [0.4, 0.5) is 17.6 Å². The molecule has 8 heteroatoms. The van der Waals surface area contributed by atoms with Gasteiger partial charge in [0.25, 0.3) is 0 Å². The van der Waals surface area contributed by atoms with Crippen LogP contribution in [0.3, 0.4) is 0 Å². The molecule has 2 N–H and O–H groups in total. The summed E-state index contributed by atoms with van der Waals surface area (Å²) in [4.78, 5) is 14.5. The number of hydrogen-bond donors (Lipinski definition) is 2. The maximum absolute atomic E-state index is 5.68. The number of aromatic nitrogens is 2. The Labute approximate surface area is 186 Å². The van der Waals surface area contributed by atoms with E-state index in [9.17, 15) is 0 Å². The van der Waals surface area contributed by atoms with Gasteiger partial charge in [0.15, 0.2) is 5.11 Å². The van der Waals surface area contributed by atoms with Crippen molar-refractivity contribution in [2.45, 2.75) is 58.5 Å². The first-order chi connectivity index (χ1) is 14.6. The molecule has 0 radical (unpaired) electrons. The Kier molecular flexibility index (Phi) is 7.25. The summed E-state index contributed by atoms with van der Waals surface area (Å²) in [5, 5.41) is 7.07. The first kappa shape index (κ1) is 21.6. The van der Waals surface area contributed by atoms with E-state index >= 15 is 0 Å². The molecule has 0 saturated carbocycles. The number of nitrogens with zero attached hydrogens (tertiary/aromatic N) is 4. The average molecular weight is 433 g/mol. The van der Waals surface area contributed by atoms with Crippen LogP contribution in [0.5, 0.6) is 0 Å². The van der Waals surface area contributed by atoms with Gasteiger partial charge in [0.1, 0.15) is 11.6 Å². The van der Waals surface area contributed by atoms with Crippen molar-refractivity contribution in [1.82, 2.24) is 15.3 Å². The zero-order valence-corrected chi connectivity index (χ0v) is 19.2. The SMILES string of the molecule is C[C@@H]1C[C@H](C)CN(c2cc(N3CCCCC3)nc(NC(=S)NC[C@H]3CCCO3)n2)C1. The summed E-state index contributed by atoms with van der Waals surface area (Å²) in [5.41, 5.74) is 0. The molecule has 4 heterocycles. The molecular formula is C22H36N6OS. The van der Waals surface area contributed by atoms with Gasteiger partial charge in [0, 0.05) is 45.4 Å². The fraction of sp³-hybridized carbons (Fsp3) is 0.773. The average Bonchev–Trinajstić information content (AvgIpc) is 3.26. The van der Waals surface area contributed by atoms with E-state index in [4.69, 9.17) is 26.9 Å². The van der Waals surface area contributed by atoms with E-state index in [0.717, 1.165) is 63.8 Å². The van der Waals surface area contributed by atoms with Crippen LogP contribution in [0, 0.1) is 11.8 Å². The number of ether oxygens (including phenoxy) is 1. The molecule has 1 aromatic rings. The van der Waals surface area contributed by atoms with Crippen LogP contribution in [0.25, 0.3) is 0 Å². The zero-order chi connectivity index (χ0) is 20.9. The Hall–Kier alpha value is -1.67. The molecule has 3 saturated heterocycles. The number of thiocarbonyl (C=S) groups is 1. The Morgan fingerprint density at radius 3 is 2.43 bits per heavy atom. The Morgan fingerprint density at radius 1 is 1.07 bits per heavy atom. The van der Waals surface area contributed by atoms with Crippen LogP contribution in [0.2, 0.25) is 0 Å². The van der Waals surface area contributed by atoms with E-state index in [1.807, 2.05) is 0 Å². The molecule has 1 aromatic heterocycles. The van der Waals surface area contributed by atoms with Crippen molar-refractivity contribution < 1.29 is 4.74 Å². The predicted molar refractivity (Wildman–Crippen MR) is 126 cm³/mol. The third-order valence-corrected chi connectivity index (χ3v) is 6.56. The minimum Gasteiger partial charge on any atom is -0.376 e. The Morgan fingerprint density at radius 2 is 1.77 bits per heavy atom. The van der Waals surface area contributed by atoms with Gasteiger partial charge < -0.3 is 25.2 Å². The van der Waals surface area contributed by atoms with Crippen molar-refractivity contribution in [3.05, 3.63) is 6.07 Å². The topological polar surface area (TPSA) is 65.5 Å². The van der Waals surface area contributed by atoms with E-state index in [-0.39, 0.29) is 6.10 Å². The second kappa shape index (κ2) is 10.1. The number of piperidine rings is 2. The summed E-state index contributed by atoms with van der Waals surface area (Å²) in [6, 6.07) is 2.17.